The molecular weight excluding hydrogens is 396 g/mol. The molecule has 0 bridgehead atoms. The minimum absolute atomic E-state index is 0.0201. The molecule has 0 saturated carbocycles. The number of aromatic nitrogens is 3. The van der Waals surface area contributed by atoms with Crippen molar-refractivity contribution >= 4 is 35.4 Å². The van der Waals surface area contributed by atoms with Crippen LogP contribution in [0.1, 0.15) is 24.0 Å². The highest BCUT2D eigenvalue weighted by Gasteiger charge is 2.17. The molecular formula is C21H22N8O2. The van der Waals surface area contributed by atoms with Crippen molar-refractivity contribution in [1.82, 2.24) is 15.0 Å². The molecule has 2 heterocycles. The van der Waals surface area contributed by atoms with E-state index in [-0.39, 0.29) is 5.69 Å². The lowest BCUT2D eigenvalue weighted by atomic mass is 10.2. The summed E-state index contributed by atoms with van der Waals surface area (Å²) in [7, 11) is 0. The molecule has 2 N–H and O–H groups in total. The van der Waals surface area contributed by atoms with E-state index in [0.29, 0.717) is 23.5 Å². The van der Waals surface area contributed by atoms with E-state index in [4.69, 9.17) is 0 Å². The Morgan fingerprint density at radius 3 is 2.35 bits per heavy atom. The number of nitro benzene ring substituents is 1. The topological polar surface area (TPSA) is 121 Å². The smallest absolute Gasteiger partial charge is 0.269 e. The summed E-state index contributed by atoms with van der Waals surface area (Å²) in [5.74, 6) is 1.20. The first-order valence-electron chi connectivity index (χ1n) is 9.95. The molecule has 0 aliphatic carbocycles. The van der Waals surface area contributed by atoms with E-state index in [9.17, 15) is 10.1 Å². The van der Waals surface area contributed by atoms with E-state index in [1.807, 2.05) is 31.2 Å². The van der Waals surface area contributed by atoms with Gasteiger partial charge < -0.3 is 10.2 Å². The van der Waals surface area contributed by atoms with Crippen LogP contribution >= 0.6 is 0 Å². The summed E-state index contributed by atoms with van der Waals surface area (Å²) in [5.41, 5.74) is 5.67. The molecule has 0 radical (unpaired) electrons. The van der Waals surface area contributed by atoms with Gasteiger partial charge in [0.2, 0.25) is 17.8 Å². The number of hydrazone groups is 1. The Hall–Kier alpha value is -4.08. The maximum absolute atomic E-state index is 10.9. The quantitative estimate of drug-likeness (QED) is 0.337. The van der Waals surface area contributed by atoms with Crippen molar-refractivity contribution in [2.75, 3.05) is 28.7 Å². The Bertz CT molecular complexity index is 1080. The van der Waals surface area contributed by atoms with Gasteiger partial charge in [-0.1, -0.05) is 29.8 Å². The van der Waals surface area contributed by atoms with E-state index in [2.05, 4.69) is 35.7 Å². The van der Waals surface area contributed by atoms with Gasteiger partial charge in [-0.05, 0) is 37.5 Å². The number of rotatable bonds is 7. The first-order chi connectivity index (χ1) is 15.1. The molecule has 1 saturated heterocycles. The van der Waals surface area contributed by atoms with Gasteiger partial charge in [-0.3, -0.25) is 10.1 Å². The van der Waals surface area contributed by atoms with Crippen LogP contribution in [0.25, 0.3) is 0 Å². The third kappa shape index (κ3) is 5.30. The zero-order chi connectivity index (χ0) is 21.6. The first-order valence-corrected chi connectivity index (χ1v) is 9.95. The Balaban J connectivity index is 1.54. The summed E-state index contributed by atoms with van der Waals surface area (Å²) in [4.78, 5) is 25.9. The van der Waals surface area contributed by atoms with Crippen molar-refractivity contribution in [3.8, 4) is 0 Å². The van der Waals surface area contributed by atoms with Gasteiger partial charge in [-0.2, -0.15) is 20.1 Å². The van der Waals surface area contributed by atoms with Crippen molar-refractivity contribution in [3.63, 3.8) is 0 Å². The normalized spacial score (nSPS) is 13.5. The van der Waals surface area contributed by atoms with Gasteiger partial charge in [0.05, 0.1) is 11.1 Å². The number of nitrogens with one attached hydrogen (secondary N) is 2. The molecule has 0 spiro atoms. The van der Waals surface area contributed by atoms with Gasteiger partial charge in [0.15, 0.2) is 0 Å². The number of nitrogens with zero attached hydrogens (tertiary/aromatic N) is 6. The number of non-ortho nitro benzene ring substituents is 1. The highest BCUT2D eigenvalue weighted by molar-refractivity contribution is 5.80. The fourth-order valence-corrected chi connectivity index (χ4v) is 3.14. The highest BCUT2D eigenvalue weighted by Crippen LogP contribution is 2.22. The van der Waals surface area contributed by atoms with Gasteiger partial charge >= 0.3 is 0 Å². The molecule has 10 nitrogen and oxygen atoms in total. The summed E-state index contributed by atoms with van der Waals surface area (Å²) in [5, 5.41) is 18.2. The molecule has 1 aliphatic rings. The maximum atomic E-state index is 10.9. The predicted molar refractivity (Wildman–Crippen MR) is 120 cm³/mol. The van der Waals surface area contributed by atoms with Gasteiger partial charge in [-0.15, -0.1) is 0 Å². The maximum Gasteiger partial charge on any atom is 0.269 e. The van der Waals surface area contributed by atoms with Crippen LogP contribution in [0.3, 0.4) is 0 Å². The SMILES string of the molecule is Cc1ccc(C=NNc2nc(Nc3ccc([N+](=O)[O-])cc3)nc(N3CCCC3)n2)cc1. The molecule has 1 aliphatic heterocycles. The third-order valence-electron chi connectivity index (χ3n) is 4.80. The summed E-state index contributed by atoms with van der Waals surface area (Å²) in [6.45, 7) is 3.80. The Labute approximate surface area is 179 Å². The van der Waals surface area contributed by atoms with E-state index >= 15 is 0 Å². The van der Waals surface area contributed by atoms with Crippen LogP contribution in [0.4, 0.5) is 29.2 Å². The summed E-state index contributed by atoms with van der Waals surface area (Å²) >= 11 is 0. The van der Waals surface area contributed by atoms with Crippen LogP contribution in [0.15, 0.2) is 53.6 Å². The average Bonchev–Trinajstić information content (AvgIpc) is 3.30. The summed E-state index contributed by atoms with van der Waals surface area (Å²) < 4.78 is 0. The lowest BCUT2D eigenvalue weighted by Gasteiger charge is -2.16. The number of nitro groups is 1. The average molecular weight is 418 g/mol. The van der Waals surface area contributed by atoms with E-state index in [1.165, 1.54) is 17.7 Å². The Morgan fingerprint density at radius 2 is 1.68 bits per heavy atom. The van der Waals surface area contributed by atoms with E-state index in [0.717, 1.165) is 31.5 Å². The molecule has 2 aromatic carbocycles. The molecule has 0 atom stereocenters. The number of benzene rings is 2. The Morgan fingerprint density at radius 1 is 1.00 bits per heavy atom. The van der Waals surface area contributed by atoms with Gasteiger partial charge in [0, 0.05) is 30.9 Å². The second kappa shape index (κ2) is 9.16. The van der Waals surface area contributed by atoms with Gasteiger partial charge in [-0.25, -0.2) is 5.43 Å². The molecule has 158 valence electrons. The largest absolute Gasteiger partial charge is 0.341 e. The number of aryl methyl sites for hydroxylation is 1. The molecule has 3 aromatic rings. The highest BCUT2D eigenvalue weighted by atomic mass is 16.6. The third-order valence-corrected chi connectivity index (χ3v) is 4.80. The summed E-state index contributed by atoms with van der Waals surface area (Å²) in [6, 6.07) is 14.1. The van der Waals surface area contributed by atoms with Crippen LogP contribution < -0.4 is 15.6 Å². The molecule has 0 amide bonds. The molecule has 1 aromatic heterocycles. The number of hydrogen-bond acceptors (Lipinski definition) is 9. The van der Waals surface area contributed by atoms with E-state index < -0.39 is 4.92 Å². The fraction of sp³-hybridized carbons (Fsp3) is 0.238. The van der Waals surface area contributed by atoms with Crippen LogP contribution in [0, 0.1) is 17.0 Å². The van der Waals surface area contributed by atoms with E-state index in [1.54, 1.807) is 18.3 Å². The minimum atomic E-state index is -0.438. The van der Waals surface area contributed by atoms with Crippen LogP contribution in [0.5, 0.6) is 0 Å². The van der Waals surface area contributed by atoms with Crippen LogP contribution in [0.2, 0.25) is 0 Å². The summed E-state index contributed by atoms with van der Waals surface area (Å²) in [6.07, 6.45) is 3.87. The van der Waals surface area contributed by atoms with Crippen molar-refractivity contribution < 1.29 is 4.92 Å². The van der Waals surface area contributed by atoms with Crippen LogP contribution in [-0.4, -0.2) is 39.2 Å². The molecule has 10 heteroatoms. The Kier molecular flexibility index (Phi) is 5.97. The fourth-order valence-electron chi connectivity index (χ4n) is 3.14. The molecule has 1 fully saturated rings. The van der Waals surface area contributed by atoms with Gasteiger partial charge in [0.1, 0.15) is 0 Å². The van der Waals surface area contributed by atoms with Crippen molar-refractivity contribution in [2.45, 2.75) is 19.8 Å². The number of hydrogen-bond donors (Lipinski definition) is 2. The molecule has 31 heavy (non-hydrogen) atoms. The molecule has 0 unspecified atom stereocenters. The molecule has 4 rings (SSSR count). The zero-order valence-electron chi connectivity index (χ0n) is 17.0. The second-order valence-corrected chi connectivity index (χ2v) is 7.19. The number of anilines is 4. The first kappa shape index (κ1) is 20.2. The zero-order valence-corrected chi connectivity index (χ0v) is 17.0. The predicted octanol–water partition coefficient (Wildman–Crippen LogP) is 3.88. The standard InChI is InChI=1S/C21H22N8O2/c1-15-4-6-16(7-5-15)14-22-27-20-24-19(25-21(26-20)28-12-2-3-13-28)23-17-8-10-18(11-9-17)29(30)31/h4-11,14H,2-3,12-13H2,1H3,(H2,23,24,25,26,27). The van der Waals surface area contributed by atoms with Crippen molar-refractivity contribution in [2.24, 2.45) is 5.10 Å². The second-order valence-electron chi connectivity index (χ2n) is 7.19. The van der Waals surface area contributed by atoms with Crippen molar-refractivity contribution in [1.29, 1.82) is 0 Å². The van der Waals surface area contributed by atoms with Gasteiger partial charge in [0.25, 0.3) is 5.69 Å². The minimum Gasteiger partial charge on any atom is -0.341 e. The monoisotopic (exact) mass is 418 g/mol. The lowest BCUT2D eigenvalue weighted by molar-refractivity contribution is -0.384. The lowest BCUT2D eigenvalue weighted by Crippen LogP contribution is -2.21. The van der Waals surface area contributed by atoms with Crippen LogP contribution in [-0.2, 0) is 0 Å². The van der Waals surface area contributed by atoms with Crippen molar-refractivity contribution in [3.05, 3.63) is 69.8 Å².